The van der Waals surface area contributed by atoms with Crippen molar-refractivity contribution in [3.05, 3.63) is 35.9 Å². The number of hydrogen-bond donors (Lipinski definition) is 2. The van der Waals surface area contributed by atoms with Crippen LogP contribution in [0.15, 0.2) is 35.5 Å². The van der Waals surface area contributed by atoms with Gasteiger partial charge in [-0.25, -0.2) is 0 Å². The van der Waals surface area contributed by atoms with Crippen LogP contribution in [0.3, 0.4) is 0 Å². The number of carbonyl (C=O) groups is 2. The third-order valence-corrected chi connectivity index (χ3v) is 6.89. The summed E-state index contributed by atoms with van der Waals surface area (Å²) < 4.78 is 0. The molecule has 1 atom stereocenters. The summed E-state index contributed by atoms with van der Waals surface area (Å²) in [5, 5.41) is 4.03. The lowest BCUT2D eigenvalue weighted by Crippen LogP contribution is -2.57. The van der Waals surface area contributed by atoms with E-state index in [1.807, 2.05) is 30.3 Å². The van der Waals surface area contributed by atoms with E-state index in [0.29, 0.717) is 24.2 Å². The van der Waals surface area contributed by atoms with E-state index in [4.69, 9.17) is 4.84 Å². The number of hydrogen-bond acceptors (Lipinski definition) is 4. The van der Waals surface area contributed by atoms with Crippen LogP contribution in [0.5, 0.6) is 0 Å². The maximum absolute atomic E-state index is 12.9. The van der Waals surface area contributed by atoms with Gasteiger partial charge >= 0.3 is 0 Å². The van der Waals surface area contributed by atoms with Gasteiger partial charge in [0.2, 0.25) is 12.0 Å². The number of benzene rings is 1. The quantitative estimate of drug-likeness (QED) is 0.806. The summed E-state index contributed by atoms with van der Waals surface area (Å²) in [6.45, 7) is 0. The van der Waals surface area contributed by atoms with E-state index >= 15 is 0 Å². The van der Waals surface area contributed by atoms with E-state index in [1.165, 1.54) is 19.3 Å². The Hall–Kier alpha value is -2.37. The largest absolute Gasteiger partial charge is 0.382 e. The molecule has 1 heterocycles. The number of hydrazine groups is 1. The Balaban J connectivity index is 1.17. The molecule has 6 rings (SSSR count). The van der Waals surface area contributed by atoms with Crippen LogP contribution in [0.4, 0.5) is 0 Å². The maximum atomic E-state index is 12.9. The molecule has 4 fully saturated rings. The molecule has 0 aromatic heterocycles. The van der Waals surface area contributed by atoms with Gasteiger partial charge in [-0.1, -0.05) is 35.5 Å². The first-order valence-corrected chi connectivity index (χ1v) is 10.00. The highest BCUT2D eigenvalue weighted by molar-refractivity contribution is 6.04. The molecule has 2 amide bonds. The fourth-order valence-electron chi connectivity index (χ4n) is 6.04. The average Bonchev–Trinajstić information content (AvgIpc) is 3.16. The SMILES string of the molecule is O=C(NNC(=O)C12CC3CC(CC(C3)C1)C2)C1CC(c2ccccc2)=NO1. The van der Waals surface area contributed by atoms with Crippen molar-refractivity contribution in [1.82, 2.24) is 10.9 Å². The topological polar surface area (TPSA) is 79.8 Å². The van der Waals surface area contributed by atoms with E-state index < -0.39 is 6.10 Å². The molecular formula is C21H25N3O3. The van der Waals surface area contributed by atoms with E-state index in [1.54, 1.807) is 0 Å². The highest BCUT2D eigenvalue weighted by Crippen LogP contribution is 2.60. The molecule has 1 aromatic carbocycles. The van der Waals surface area contributed by atoms with Crippen LogP contribution in [0.25, 0.3) is 0 Å². The van der Waals surface area contributed by atoms with E-state index in [2.05, 4.69) is 16.0 Å². The van der Waals surface area contributed by atoms with E-state index in [-0.39, 0.29) is 17.2 Å². The van der Waals surface area contributed by atoms with Crippen molar-refractivity contribution >= 4 is 17.5 Å². The van der Waals surface area contributed by atoms with Crippen LogP contribution in [-0.2, 0) is 14.4 Å². The van der Waals surface area contributed by atoms with Crippen molar-refractivity contribution in [2.24, 2.45) is 28.3 Å². The molecule has 6 nitrogen and oxygen atoms in total. The summed E-state index contributed by atoms with van der Waals surface area (Å²) in [5.74, 6) is 1.72. The van der Waals surface area contributed by atoms with E-state index in [0.717, 1.165) is 30.5 Å². The second-order valence-electron chi connectivity index (χ2n) is 8.84. The molecule has 0 spiro atoms. The number of carbonyl (C=O) groups excluding carboxylic acids is 2. The first-order valence-electron chi connectivity index (χ1n) is 10.00. The molecule has 4 bridgehead atoms. The summed E-state index contributed by atoms with van der Waals surface area (Å²) in [6, 6.07) is 9.67. The van der Waals surface area contributed by atoms with Crippen molar-refractivity contribution in [3.8, 4) is 0 Å². The molecule has 4 aliphatic carbocycles. The van der Waals surface area contributed by atoms with E-state index in [9.17, 15) is 9.59 Å². The van der Waals surface area contributed by atoms with Crippen LogP contribution in [-0.4, -0.2) is 23.6 Å². The second-order valence-corrected chi connectivity index (χ2v) is 8.84. The van der Waals surface area contributed by atoms with Crippen LogP contribution < -0.4 is 10.9 Å². The normalized spacial score (nSPS) is 36.1. The molecule has 5 aliphatic rings. The van der Waals surface area contributed by atoms with Gasteiger partial charge in [-0.05, 0) is 61.8 Å². The molecule has 0 saturated heterocycles. The molecule has 27 heavy (non-hydrogen) atoms. The minimum atomic E-state index is -0.697. The summed E-state index contributed by atoms with van der Waals surface area (Å²) in [7, 11) is 0. The number of amides is 2. The van der Waals surface area contributed by atoms with Gasteiger partial charge in [-0.3, -0.25) is 20.4 Å². The number of nitrogens with zero attached hydrogens (tertiary/aromatic N) is 1. The molecular weight excluding hydrogens is 342 g/mol. The van der Waals surface area contributed by atoms with Crippen LogP contribution >= 0.6 is 0 Å². The van der Waals surface area contributed by atoms with Crippen LogP contribution in [0.1, 0.15) is 50.5 Å². The van der Waals surface area contributed by atoms with Gasteiger partial charge in [0.15, 0.2) is 0 Å². The second kappa shape index (κ2) is 6.36. The molecule has 1 aromatic rings. The summed E-state index contributed by atoms with van der Waals surface area (Å²) in [6.07, 6.45) is 6.49. The predicted octanol–water partition coefficient (Wildman–Crippen LogP) is 2.54. The Labute approximate surface area is 158 Å². The Kier molecular flexibility index (Phi) is 3.95. The maximum Gasteiger partial charge on any atom is 0.282 e. The van der Waals surface area contributed by atoms with Gasteiger partial charge in [-0.2, -0.15) is 0 Å². The molecule has 4 saturated carbocycles. The average molecular weight is 367 g/mol. The Morgan fingerprint density at radius 3 is 2.22 bits per heavy atom. The standard InChI is InChI=1S/C21H25N3O3/c25-19(18-9-17(24-27-18)16-4-2-1-3-5-16)22-23-20(26)21-10-13-6-14(11-21)8-15(7-13)12-21/h1-5,13-15,18H,6-12H2,(H,22,25)(H,23,26). The van der Waals surface area contributed by atoms with Crippen LogP contribution in [0.2, 0.25) is 0 Å². The van der Waals surface area contributed by atoms with Crippen molar-refractivity contribution in [1.29, 1.82) is 0 Å². The zero-order valence-corrected chi connectivity index (χ0v) is 15.3. The lowest BCUT2D eigenvalue weighted by atomic mass is 9.49. The molecule has 142 valence electrons. The number of nitrogens with one attached hydrogen (secondary N) is 2. The van der Waals surface area contributed by atoms with Crippen molar-refractivity contribution in [3.63, 3.8) is 0 Å². The number of oxime groups is 1. The minimum absolute atomic E-state index is 0.0165. The third kappa shape index (κ3) is 3.01. The molecule has 6 heteroatoms. The van der Waals surface area contributed by atoms with Gasteiger partial charge in [0.1, 0.15) is 0 Å². The van der Waals surface area contributed by atoms with Crippen molar-refractivity contribution < 1.29 is 14.4 Å². The predicted molar refractivity (Wildman–Crippen MR) is 99.4 cm³/mol. The first-order chi connectivity index (χ1) is 13.1. The lowest BCUT2D eigenvalue weighted by Gasteiger charge is -2.55. The fraction of sp³-hybridized carbons (Fsp3) is 0.571. The van der Waals surface area contributed by atoms with Crippen molar-refractivity contribution in [2.75, 3.05) is 0 Å². The zero-order valence-electron chi connectivity index (χ0n) is 15.3. The monoisotopic (exact) mass is 367 g/mol. The lowest BCUT2D eigenvalue weighted by molar-refractivity contribution is -0.150. The van der Waals surface area contributed by atoms with Gasteiger partial charge in [0.05, 0.1) is 11.1 Å². The summed E-state index contributed by atoms with van der Waals surface area (Å²) in [4.78, 5) is 30.6. The minimum Gasteiger partial charge on any atom is -0.382 e. The van der Waals surface area contributed by atoms with Crippen molar-refractivity contribution in [2.45, 2.75) is 51.0 Å². The smallest absolute Gasteiger partial charge is 0.282 e. The van der Waals surface area contributed by atoms with Crippen LogP contribution in [0, 0.1) is 23.2 Å². The Morgan fingerprint density at radius 1 is 0.963 bits per heavy atom. The Morgan fingerprint density at radius 2 is 1.59 bits per heavy atom. The third-order valence-electron chi connectivity index (χ3n) is 6.89. The fourth-order valence-corrected chi connectivity index (χ4v) is 6.04. The summed E-state index contributed by atoms with van der Waals surface area (Å²) in [5.41, 5.74) is 6.71. The molecule has 1 unspecified atom stereocenters. The summed E-state index contributed by atoms with van der Waals surface area (Å²) >= 11 is 0. The van der Waals surface area contributed by atoms with Gasteiger partial charge < -0.3 is 4.84 Å². The Bertz CT molecular complexity index is 754. The highest BCUT2D eigenvalue weighted by Gasteiger charge is 2.54. The zero-order chi connectivity index (χ0) is 18.4. The molecule has 0 radical (unpaired) electrons. The molecule has 2 N–H and O–H groups in total. The van der Waals surface area contributed by atoms with Gasteiger partial charge in [0.25, 0.3) is 5.91 Å². The van der Waals surface area contributed by atoms with Gasteiger partial charge in [-0.15, -0.1) is 0 Å². The number of rotatable bonds is 3. The highest BCUT2D eigenvalue weighted by atomic mass is 16.6. The van der Waals surface area contributed by atoms with Gasteiger partial charge in [0, 0.05) is 6.42 Å². The molecule has 1 aliphatic heterocycles. The first kappa shape index (κ1) is 16.8.